The van der Waals surface area contributed by atoms with E-state index in [0.717, 1.165) is 22.0 Å². The van der Waals surface area contributed by atoms with E-state index in [0.29, 0.717) is 27.7 Å². The molecule has 170 valence electrons. The van der Waals surface area contributed by atoms with Gasteiger partial charge in [0.15, 0.2) is 5.82 Å². The number of aromatic nitrogens is 3. The molecule has 4 rings (SSSR count). The third-order valence-electron chi connectivity index (χ3n) is 5.42. The van der Waals surface area contributed by atoms with Gasteiger partial charge >= 0.3 is 0 Å². The van der Waals surface area contributed by atoms with Crippen molar-refractivity contribution in [1.82, 2.24) is 15.0 Å². The third-order valence-corrected chi connectivity index (χ3v) is 5.71. The number of nitrogens with one attached hydrogen (secondary N) is 1. The molecule has 0 spiro atoms. The van der Waals surface area contributed by atoms with Crippen LogP contribution in [0.15, 0.2) is 55.0 Å². The number of pyridine rings is 1. The Balaban J connectivity index is 1.74. The van der Waals surface area contributed by atoms with Gasteiger partial charge in [-0.2, -0.15) is 0 Å². The van der Waals surface area contributed by atoms with E-state index < -0.39 is 11.6 Å². The molecule has 8 heteroatoms. The first-order valence-corrected chi connectivity index (χ1v) is 10.8. The van der Waals surface area contributed by atoms with Crippen LogP contribution in [0.25, 0.3) is 22.0 Å². The monoisotopic (exact) mass is 466 g/mol. The van der Waals surface area contributed by atoms with Crippen molar-refractivity contribution in [2.75, 3.05) is 5.32 Å². The van der Waals surface area contributed by atoms with Gasteiger partial charge in [0, 0.05) is 35.1 Å². The summed E-state index contributed by atoms with van der Waals surface area (Å²) in [5.74, 6) is -0.0357. The highest BCUT2D eigenvalue weighted by atomic mass is 35.5. The summed E-state index contributed by atoms with van der Waals surface area (Å²) in [6, 6.07) is 9.82. The van der Waals surface area contributed by atoms with Gasteiger partial charge < -0.3 is 15.5 Å². The average Bonchev–Trinajstić information content (AvgIpc) is 2.80. The van der Waals surface area contributed by atoms with Crippen molar-refractivity contribution >= 4 is 28.2 Å². The summed E-state index contributed by atoms with van der Waals surface area (Å²) in [5, 5.41) is 24.0. The topological polar surface area (TPSA) is 91.2 Å². The average molecular weight is 467 g/mol. The van der Waals surface area contributed by atoms with Crippen LogP contribution in [0, 0.1) is 5.82 Å². The molecule has 0 radical (unpaired) electrons. The standard InChI is InChI=1S/C25H24ClFN4O2/c1-14(18-8-15(13-32)4-6-21(18)27)31-23-19-9-16(5-7-22(19)28-12-20(23)26)17-10-29-24(30-11-17)25(2,3)33/h4-12,14,32-33H,13H2,1-3H3,(H,28,31). The van der Waals surface area contributed by atoms with Crippen LogP contribution >= 0.6 is 11.6 Å². The summed E-state index contributed by atoms with van der Waals surface area (Å²) in [6.45, 7) is 4.92. The van der Waals surface area contributed by atoms with Gasteiger partial charge in [0.05, 0.1) is 28.9 Å². The smallest absolute Gasteiger partial charge is 0.159 e. The Morgan fingerprint density at radius 2 is 1.76 bits per heavy atom. The van der Waals surface area contributed by atoms with Gasteiger partial charge in [0.1, 0.15) is 11.4 Å². The Kier molecular flexibility index (Phi) is 6.30. The number of hydrogen-bond acceptors (Lipinski definition) is 6. The molecule has 0 saturated carbocycles. The summed E-state index contributed by atoms with van der Waals surface area (Å²) in [5.41, 5.74) is 2.88. The third kappa shape index (κ3) is 4.80. The summed E-state index contributed by atoms with van der Waals surface area (Å²) >= 11 is 6.49. The molecule has 2 aromatic heterocycles. The molecule has 2 heterocycles. The maximum Gasteiger partial charge on any atom is 0.159 e. The zero-order valence-electron chi connectivity index (χ0n) is 18.5. The largest absolute Gasteiger partial charge is 0.392 e. The Hall–Kier alpha value is -3.13. The molecule has 0 aliphatic carbocycles. The van der Waals surface area contributed by atoms with Gasteiger partial charge in [-0.05, 0) is 56.2 Å². The highest BCUT2D eigenvalue weighted by Crippen LogP contribution is 2.35. The van der Waals surface area contributed by atoms with Crippen molar-refractivity contribution in [3.05, 3.63) is 82.8 Å². The van der Waals surface area contributed by atoms with E-state index in [9.17, 15) is 14.6 Å². The van der Waals surface area contributed by atoms with E-state index in [1.165, 1.54) is 6.07 Å². The minimum atomic E-state index is -1.13. The van der Waals surface area contributed by atoms with Crippen LogP contribution in [0.1, 0.15) is 43.8 Å². The predicted molar refractivity (Wildman–Crippen MR) is 127 cm³/mol. The van der Waals surface area contributed by atoms with Crippen LogP contribution in [0.5, 0.6) is 0 Å². The zero-order valence-corrected chi connectivity index (χ0v) is 19.2. The number of aliphatic hydroxyl groups is 2. The van der Waals surface area contributed by atoms with Crippen molar-refractivity contribution in [1.29, 1.82) is 0 Å². The fraction of sp³-hybridized carbons (Fsp3) is 0.240. The number of aliphatic hydroxyl groups excluding tert-OH is 1. The molecule has 1 atom stereocenters. The lowest BCUT2D eigenvalue weighted by Gasteiger charge is -2.20. The molecule has 0 aliphatic rings. The maximum absolute atomic E-state index is 14.5. The Labute approximate surface area is 196 Å². The van der Waals surface area contributed by atoms with Crippen LogP contribution in [0.4, 0.5) is 10.1 Å². The molecule has 0 amide bonds. The van der Waals surface area contributed by atoms with Gasteiger partial charge in [-0.3, -0.25) is 4.98 Å². The molecular weight excluding hydrogens is 443 g/mol. The second-order valence-electron chi connectivity index (χ2n) is 8.45. The summed E-state index contributed by atoms with van der Waals surface area (Å²) in [7, 11) is 0. The lowest BCUT2D eigenvalue weighted by atomic mass is 10.0. The van der Waals surface area contributed by atoms with Crippen LogP contribution < -0.4 is 5.32 Å². The molecule has 0 aliphatic heterocycles. The predicted octanol–water partition coefficient (Wildman–Crippen LogP) is 5.38. The van der Waals surface area contributed by atoms with Crippen molar-refractivity contribution in [2.45, 2.75) is 39.0 Å². The van der Waals surface area contributed by atoms with Crippen molar-refractivity contribution in [3.63, 3.8) is 0 Å². The number of halogens is 2. The SMILES string of the molecule is CC(Nc1c(Cl)cnc2ccc(-c3cnc(C(C)(C)O)nc3)cc12)c1cc(CO)ccc1F. The van der Waals surface area contributed by atoms with E-state index in [1.54, 1.807) is 44.6 Å². The zero-order chi connectivity index (χ0) is 23.8. The summed E-state index contributed by atoms with van der Waals surface area (Å²) < 4.78 is 14.5. The second kappa shape index (κ2) is 9.02. The molecule has 4 aromatic rings. The minimum Gasteiger partial charge on any atom is -0.392 e. The quantitative estimate of drug-likeness (QED) is 0.353. The maximum atomic E-state index is 14.5. The van der Waals surface area contributed by atoms with E-state index >= 15 is 0 Å². The highest BCUT2D eigenvalue weighted by Gasteiger charge is 2.20. The molecule has 33 heavy (non-hydrogen) atoms. The molecule has 6 nitrogen and oxygen atoms in total. The van der Waals surface area contributed by atoms with Gasteiger partial charge in [0.2, 0.25) is 0 Å². The van der Waals surface area contributed by atoms with Crippen LogP contribution in [-0.2, 0) is 12.2 Å². The Bertz CT molecular complexity index is 1310. The Morgan fingerprint density at radius 3 is 2.42 bits per heavy atom. The number of nitrogens with zero attached hydrogens (tertiary/aromatic N) is 3. The lowest BCUT2D eigenvalue weighted by molar-refractivity contribution is 0.0687. The molecule has 0 bridgehead atoms. The Morgan fingerprint density at radius 1 is 1.03 bits per heavy atom. The lowest BCUT2D eigenvalue weighted by Crippen LogP contribution is -2.19. The number of benzene rings is 2. The van der Waals surface area contributed by atoms with Gasteiger partial charge in [-0.15, -0.1) is 0 Å². The number of fused-ring (bicyclic) bond motifs is 1. The fourth-order valence-corrected chi connectivity index (χ4v) is 3.81. The van der Waals surface area contributed by atoms with Gasteiger partial charge in [0.25, 0.3) is 0 Å². The molecule has 0 fully saturated rings. The van der Waals surface area contributed by atoms with Gasteiger partial charge in [-0.25, -0.2) is 14.4 Å². The highest BCUT2D eigenvalue weighted by molar-refractivity contribution is 6.34. The molecule has 3 N–H and O–H groups in total. The van der Waals surface area contributed by atoms with Crippen molar-refractivity contribution in [2.24, 2.45) is 0 Å². The summed E-state index contributed by atoms with van der Waals surface area (Å²) in [4.78, 5) is 13.0. The van der Waals surface area contributed by atoms with Crippen molar-refractivity contribution in [3.8, 4) is 11.1 Å². The van der Waals surface area contributed by atoms with Crippen LogP contribution in [0.3, 0.4) is 0 Å². The molecule has 0 saturated heterocycles. The van der Waals surface area contributed by atoms with E-state index in [4.69, 9.17) is 11.6 Å². The van der Waals surface area contributed by atoms with Crippen LogP contribution in [0.2, 0.25) is 5.02 Å². The second-order valence-corrected chi connectivity index (χ2v) is 8.85. The molecule has 1 unspecified atom stereocenters. The van der Waals surface area contributed by atoms with Crippen LogP contribution in [-0.4, -0.2) is 25.2 Å². The van der Waals surface area contributed by atoms with Crippen molar-refractivity contribution < 1.29 is 14.6 Å². The first kappa shape index (κ1) is 23.0. The number of hydrogen-bond donors (Lipinski definition) is 3. The van der Waals surface area contributed by atoms with E-state index in [1.807, 2.05) is 25.1 Å². The normalized spacial score (nSPS) is 12.7. The fourth-order valence-electron chi connectivity index (χ4n) is 3.61. The molecule has 2 aromatic carbocycles. The minimum absolute atomic E-state index is 0.170. The van der Waals surface area contributed by atoms with E-state index in [2.05, 4.69) is 20.3 Å². The number of rotatable bonds is 6. The first-order valence-electron chi connectivity index (χ1n) is 10.5. The molecular formula is C25H24ClFN4O2. The van der Waals surface area contributed by atoms with E-state index in [-0.39, 0.29) is 12.4 Å². The summed E-state index contributed by atoms with van der Waals surface area (Å²) in [6.07, 6.45) is 4.87. The number of anilines is 1. The first-order chi connectivity index (χ1) is 15.7. The van der Waals surface area contributed by atoms with Gasteiger partial charge in [-0.1, -0.05) is 23.7 Å².